The van der Waals surface area contributed by atoms with Gasteiger partial charge in [0.2, 0.25) is 5.91 Å². The maximum Gasteiger partial charge on any atom is 0.244 e. The smallest absolute Gasteiger partial charge is 0.244 e. The van der Waals surface area contributed by atoms with Crippen molar-refractivity contribution in [3.05, 3.63) is 64.2 Å². The van der Waals surface area contributed by atoms with Crippen LogP contribution in [0.1, 0.15) is 33.9 Å². The second kappa shape index (κ2) is 8.88. The Hall–Kier alpha value is -2.04. The number of amides is 1. The fourth-order valence-electron chi connectivity index (χ4n) is 2.96. The van der Waals surface area contributed by atoms with E-state index < -0.39 is 6.04 Å². The number of rotatable bonds is 5. The lowest BCUT2D eigenvalue weighted by Gasteiger charge is -2.22. The third-order valence-corrected chi connectivity index (χ3v) is 4.22. The first kappa shape index (κ1) is 21.0. The fourth-order valence-corrected chi connectivity index (χ4v) is 2.96. The molecule has 0 aliphatic rings. The second-order valence-corrected chi connectivity index (χ2v) is 6.35. The summed E-state index contributed by atoms with van der Waals surface area (Å²) in [5.74, 6) is 0.800. The molecule has 4 nitrogen and oxygen atoms in total. The predicted octanol–water partition coefficient (Wildman–Crippen LogP) is 3.70. The average Bonchev–Trinajstić information content (AvgIpc) is 2.54. The highest BCUT2D eigenvalue weighted by Gasteiger charge is 2.20. The third-order valence-electron chi connectivity index (χ3n) is 4.22. The Morgan fingerprint density at radius 3 is 2.12 bits per heavy atom. The van der Waals surface area contributed by atoms with Gasteiger partial charge in [0.1, 0.15) is 11.8 Å². The molecular weight excluding hydrogens is 336 g/mol. The van der Waals surface area contributed by atoms with Gasteiger partial charge < -0.3 is 15.4 Å². The van der Waals surface area contributed by atoms with Crippen molar-refractivity contribution >= 4 is 18.3 Å². The van der Waals surface area contributed by atoms with E-state index in [1.165, 1.54) is 0 Å². The van der Waals surface area contributed by atoms with Crippen LogP contribution in [-0.2, 0) is 11.3 Å². The fraction of sp³-hybridized carbons (Fsp3) is 0.350. The molecule has 5 heteroatoms. The average molecular weight is 363 g/mol. The molecule has 0 aliphatic heterocycles. The number of carbonyl (C=O) groups is 1. The first-order valence-corrected chi connectivity index (χ1v) is 8.04. The summed E-state index contributed by atoms with van der Waals surface area (Å²) < 4.78 is 5.39. The second-order valence-electron chi connectivity index (χ2n) is 6.35. The number of likely N-dealkylation sites (N-methyl/N-ethyl adjacent to an activating group) is 1. The summed E-state index contributed by atoms with van der Waals surface area (Å²) in [6.45, 7) is 6.55. The van der Waals surface area contributed by atoms with Crippen LogP contribution in [0.25, 0.3) is 0 Å². The van der Waals surface area contributed by atoms with Gasteiger partial charge in [-0.05, 0) is 43.0 Å². The Morgan fingerprint density at radius 1 is 1.12 bits per heavy atom. The zero-order valence-electron chi connectivity index (χ0n) is 15.5. The van der Waals surface area contributed by atoms with E-state index in [0.29, 0.717) is 6.54 Å². The van der Waals surface area contributed by atoms with E-state index in [4.69, 9.17) is 10.5 Å². The number of hydrogen-bond acceptors (Lipinski definition) is 3. The Bertz CT molecular complexity index is 706. The molecule has 0 heterocycles. The largest absolute Gasteiger partial charge is 0.496 e. The minimum atomic E-state index is -0.643. The van der Waals surface area contributed by atoms with Crippen LogP contribution in [0, 0.1) is 20.8 Å². The number of aryl methyl sites for hydroxylation is 3. The number of nitrogens with zero attached hydrogens (tertiary/aromatic N) is 1. The van der Waals surface area contributed by atoms with Crippen molar-refractivity contribution in [2.75, 3.05) is 14.2 Å². The van der Waals surface area contributed by atoms with Gasteiger partial charge in [0.15, 0.2) is 0 Å². The third kappa shape index (κ3) is 4.97. The first-order chi connectivity index (χ1) is 11.3. The van der Waals surface area contributed by atoms with Crippen LogP contribution in [0.5, 0.6) is 5.75 Å². The van der Waals surface area contributed by atoms with E-state index in [-0.39, 0.29) is 18.3 Å². The number of nitrogens with two attached hydrogens (primary N) is 1. The van der Waals surface area contributed by atoms with Crippen molar-refractivity contribution in [1.82, 2.24) is 4.90 Å². The summed E-state index contributed by atoms with van der Waals surface area (Å²) in [5, 5.41) is 0. The van der Waals surface area contributed by atoms with Crippen molar-refractivity contribution in [3.63, 3.8) is 0 Å². The van der Waals surface area contributed by atoms with Gasteiger partial charge >= 0.3 is 0 Å². The lowest BCUT2D eigenvalue weighted by molar-refractivity contribution is -0.131. The van der Waals surface area contributed by atoms with E-state index in [0.717, 1.165) is 33.6 Å². The summed E-state index contributed by atoms with van der Waals surface area (Å²) in [6.07, 6.45) is 0. The molecule has 1 unspecified atom stereocenters. The lowest BCUT2D eigenvalue weighted by atomic mass is 10.0. The first-order valence-electron chi connectivity index (χ1n) is 8.04. The van der Waals surface area contributed by atoms with Gasteiger partial charge in [-0.25, -0.2) is 0 Å². The highest BCUT2D eigenvalue weighted by molar-refractivity contribution is 5.85. The molecule has 0 spiro atoms. The lowest BCUT2D eigenvalue weighted by Crippen LogP contribution is -2.35. The Kier molecular flexibility index (Phi) is 7.46. The standard InChI is InChI=1S/C20H26N2O2.ClH/c1-13-6-8-17(9-7-13)18(21)20(23)22(4)12-16-10-14(2)19(24-5)15(3)11-16;/h6-11,18H,12,21H2,1-5H3;1H. The minimum absolute atomic E-state index is 0. The molecule has 2 N–H and O–H groups in total. The molecule has 0 radical (unpaired) electrons. The highest BCUT2D eigenvalue weighted by Crippen LogP contribution is 2.25. The van der Waals surface area contributed by atoms with Gasteiger partial charge in [0.05, 0.1) is 7.11 Å². The quantitative estimate of drug-likeness (QED) is 0.882. The van der Waals surface area contributed by atoms with E-state index in [1.807, 2.05) is 57.2 Å². The molecule has 0 aliphatic carbocycles. The molecule has 25 heavy (non-hydrogen) atoms. The zero-order chi connectivity index (χ0) is 17.9. The van der Waals surface area contributed by atoms with Crippen molar-refractivity contribution in [2.45, 2.75) is 33.4 Å². The maximum absolute atomic E-state index is 12.6. The minimum Gasteiger partial charge on any atom is -0.496 e. The molecule has 0 fully saturated rings. The Balaban J connectivity index is 0.00000312. The van der Waals surface area contributed by atoms with Crippen LogP contribution in [0.4, 0.5) is 0 Å². The van der Waals surface area contributed by atoms with E-state index in [2.05, 4.69) is 0 Å². The summed E-state index contributed by atoms with van der Waals surface area (Å²) in [5.41, 5.74) is 11.3. The van der Waals surface area contributed by atoms with Gasteiger partial charge in [-0.3, -0.25) is 4.79 Å². The number of halogens is 1. The SMILES string of the molecule is COc1c(C)cc(CN(C)C(=O)C(N)c2ccc(C)cc2)cc1C.Cl. The van der Waals surface area contributed by atoms with E-state index in [9.17, 15) is 4.79 Å². The topological polar surface area (TPSA) is 55.6 Å². The molecular formula is C20H27ClN2O2. The number of methoxy groups -OCH3 is 1. The van der Waals surface area contributed by atoms with Crippen LogP contribution < -0.4 is 10.5 Å². The molecule has 0 bridgehead atoms. The Morgan fingerprint density at radius 2 is 1.64 bits per heavy atom. The molecule has 2 rings (SSSR count). The molecule has 2 aromatic rings. The molecule has 1 amide bonds. The zero-order valence-corrected chi connectivity index (χ0v) is 16.3. The highest BCUT2D eigenvalue weighted by atomic mass is 35.5. The number of benzene rings is 2. The van der Waals surface area contributed by atoms with Crippen molar-refractivity contribution in [3.8, 4) is 5.75 Å². The summed E-state index contributed by atoms with van der Waals surface area (Å²) in [7, 11) is 3.45. The van der Waals surface area contributed by atoms with Gasteiger partial charge in [0.25, 0.3) is 0 Å². The van der Waals surface area contributed by atoms with Crippen molar-refractivity contribution in [2.24, 2.45) is 5.73 Å². The molecule has 0 saturated carbocycles. The predicted molar refractivity (Wildman–Crippen MR) is 104 cm³/mol. The van der Waals surface area contributed by atoms with Crippen LogP contribution in [0.15, 0.2) is 36.4 Å². The number of ether oxygens (including phenoxy) is 1. The monoisotopic (exact) mass is 362 g/mol. The number of carbonyl (C=O) groups excluding carboxylic acids is 1. The van der Waals surface area contributed by atoms with Gasteiger partial charge in [-0.15, -0.1) is 12.4 Å². The summed E-state index contributed by atoms with van der Waals surface area (Å²) in [6, 6.07) is 11.2. The number of hydrogen-bond donors (Lipinski definition) is 1. The van der Waals surface area contributed by atoms with Crippen molar-refractivity contribution in [1.29, 1.82) is 0 Å². The molecule has 136 valence electrons. The van der Waals surface area contributed by atoms with Gasteiger partial charge in [0, 0.05) is 13.6 Å². The maximum atomic E-state index is 12.6. The molecule has 0 aromatic heterocycles. The summed E-state index contributed by atoms with van der Waals surface area (Å²) >= 11 is 0. The van der Waals surface area contributed by atoms with Crippen LogP contribution in [0.2, 0.25) is 0 Å². The molecule has 2 aromatic carbocycles. The molecule has 0 saturated heterocycles. The Labute approximate surface area is 156 Å². The van der Waals surface area contributed by atoms with E-state index >= 15 is 0 Å². The van der Waals surface area contributed by atoms with Crippen molar-refractivity contribution < 1.29 is 9.53 Å². The molecule has 1 atom stereocenters. The van der Waals surface area contributed by atoms with Crippen LogP contribution in [-0.4, -0.2) is 25.0 Å². The van der Waals surface area contributed by atoms with Crippen LogP contribution >= 0.6 is 12.4 Å². The van der Waals surface area contributed by atoms with Gasteiger partial charge in [-0.1, -0.05) is 42.0 Å². The van der Waals surface area contributed by atoms with Crippen LogP contribution in [0.3, 0.4) is 0 Å². The normalized spacial score (nSPS) is 11.4. The summed E-state index contributed by atoms with van der Waals surface area (Å²) in [4.78, 5) is 14.3. The van der Waals surface area contributed by atoms with Gasteiger partial charge in [-0.2, -0.15) is 0 Å². The van der Waals surface area contributed by atoms with E-state index in [1.54, 1.807) is 19.1 Å².